The Kier molecular flexibility index (Phi) is 7.41. The molecular weight excluding hydrogens is 228 g/mol. The molecule has 2 N–H and O–H groups in total. The zero-order chi connectivity index (χ0) is 13.2. The minimum Gasteiger partial charge on any atom is -0.407 e. The second-order valence-corrected chi connectivity index (χ2v) is 4.99. The molecule has 18 heavy (non-hydrogen) atoms. The summed E-state index contributed by atoms with van der Waals surface area (Å²) >= 11 is 0. The molecule has 5 heteroatoms. The minimum atomic E-state index is 0.535. The molecule has 0 saturated heterocycles. The van der Waals surface area contributed by atoms with Crippen molar-refractivity contribution in [1.29, 1.82) is 0 Å². The van der Waals surface area contributed by atoms with Gasteiger partial charge in [0.1, 0.15) is 0 Å². The average Bonchev–Trinajstić information content (AvgIpc) is 2.77. The van der Waals surface area contributed by atoms with Crippen LogP contribution in [0.25, 0.3) is 0 Å². The lowest BCUT2D eigenvalue weighted by atomic mass is 10.1. The van der Waals surface area contributed by atoms with Gasteiger partial charge in [0.25, 0.3) is 0 Å². The summed E-state index contributed by atoms with van der Waals surface area (Å²) < 4.78 is 5.46. The highest BCUT2D eigenvalue weighted by atomic mass is 16.4. The molecule has 0 saturated carbocycles. The van der Waals surface area contributed by atoms with Crippen LogP contribution in [0.3, 0.4) is 0 Å². The van der Waals surface area contributed by atoms with E-state index in [1.54, 1.807) is 0 Å². The molecule has 1 rings (SSSR count). The van der Waals surface area contributed by atoms with E-state index in [0.717, 1.165) is 31.8 Å². The lowest BCUT2D eigenvalue weighted by molar-refractivity contribution is 0.475. The highest BCUT2D eigenvalue weighted by Crippen LogP contribution is 2.08. The Morgan fingerprint density at radius 2 is 2.00 bits per heavy atom. The van der Waals surface area contributed by atoms with Crippen LogP contribution < -0.4 is 10.6 Å². The highest BCUT2D eigenvalue weighted by Gasteiger charge is 2.04. The van der Waals surface area contributed by atoms with Crippen molar-refractivity contribution >= 4 is 6.01 Å². The van der Waals surface area contributed by atoms with Gasteiger partial charge >= 0.3 is 6.01 Å². The van der Waals surface area contributed by atoms with Gasteiger partial charge in [0.15, 0.2) is 0 Å². The van der Waals surface area contributed by atoms with Crippen molar-refractivity contribution in [2.24, 2.45) is 5.92 Å². The second-order valence-electron chi connectivity index (χ2n) is 4.99. The normalized spacial score (nSPS) is 11.1. The number of nitrogens with one attached hydrogen (secondary N) is 2. The molecule has 1 aromatic heterocycles. The largest absolute Gasteiger partial charge is 0.407 e. The molecule has 0 fully saturated rings. The van der Waals surface area contributed by atoms with E-state index in [0.29, 0.717) is 18.5 Å². The van der Waals surface area contributed by atoms with E-state index in [4.69, 9.17) is 4.42 Å². The Labute approximate surface area is 110 Å². The molecule has 0 atom stereocenters. The molecule has 0 aliphatic heterocycles. The monoisotopic (exact) mass is 254 g/mol. The average molecular weight is 254 g/mol. The fourth-order valence-corrected chi connectivity index (χ4v) is 1.64. The smallest absolute Gasteiger partial charge is 0.315 e. The maximum absolute atomic E-state index is 5.46. The third-order valence-electron chi connectivity index (χ3n) is 2.65. The predicted molar refractivity (Wildman–Crippen MR) is 73.5 cm³/mol. The molecule has 0 aromatic carbocycles. The molecule has 0 bridgehead atoms. The van der Waals surface area contributed by atoms with E-state index in [9.17, 15) is 0 Å². The molecule has 0 radical (unpaired) electrons. The first-order chi connectivity index (χ1) is 8.72. The number of nitrogens with zero attached hydrogens (tertiary/aromatic N) is 2. The fraction of sp³-hybridized carbons (Fsp3) is 0.846. The zero-order valence-corrected chi connectivity index (χ0v) is 11.8. The van der Waals surface area contributed by atoms with Crippen molar-refractivity contribution < 1.29 is 4.42 Å². The summed E-state index contributed by atoms with van der Waals surface area (Å²) in [5.74, 6) is 1.43. The number of rotatable bonds is 10. The lowest BCUT2D eigenvalue weighted by Crippen LogP contribution is -2.13. The van der Waals surface area contributed by atoms with E-state index in [2.05, 4.69) is 41.6 Å². The van der Waals surface area contributed by atoms with Crippen molar-refractivity contribution in [3.63, 3.8) is 0 Å². The minimum absolute atomic E-state index is 0.535. The van der Waals surface area contributed by atoms with Gasteiger partial charge in [0.05, 0.1) is 6.54 Å². The van der Waals surface area contributed by atoms with Gasteiger partial charge in [-0.15, -0.1) is 5.10 Å². The number of aromatic nitrogens is 2. The van der Waals surface area contributed by atoms with Crippen LogP contribution in [0.5, 0.6) is 0 Å². The standard InChI is InChI=1S/C13H26N4O/c1-4-8-14-10-12-16-17-13(18-12)15-9-6-5-7-11(2)3/h11,14H,4-10H2,1-3H3,(H,15,17). The van der Waals surface area contributed by atoms with Gasteiger partial charge < -0.3 is 15.1 Å². The molecule has 0 aliphatic carbocycles. The van der Waals surface area contributed by atoms with E-state index in [1.165, 1.54) is 12.8 Å². The fourth-order valence-electron chi connectivity index (χ4n) is 1.64. The van der Waals surface area contributed by atoms with Crippen LogP contribution in [0.15, 0.2) is 4.42 Å². The van der Waals surface area contributed by atoms with Crippen LogP contribution in [0.1, 0.15) is 52.3 Å². The summed E-state index contributed by atoms with van der Waals surface area (Å²) in [5.41, 5.74) is 0. The number of hydrogen-bond donors (Lipinski definition) is 2. The van der Waals surface area contributed by atoms with Gasteiger partial charge in [-0.05, 0) is 25.3 Å². The van der Waals surface area contributed by atoms with Gasteiger partial charge in [0.2, 0.25) is 5.89 Å². The van der Waals surface area contributed by atoms with Crippen LogP contribution in [0, 0.1) is 5.92 Å². The van der Waals surface area contributed by atoms with Crippen LogP contribution in [-0.2, 0) is 6.54 Å². The first kappa shape index (κ1) is 15.0. The molecule has 5 nitrogen and oxygen atoms in total. The Morgan fingerprint density at radius 1 is 1.17 bits per heavy atom. The first-order valence-corrected chi connectivity index (χ1v) is 6.99. The van der Waals surface area contributed by atoms with Crippen molar-refractivity contribution in [1.82, 2.24) is 15.5 Å². The Morgan fingerprint density at radius 3 is 2.72 bits per heavy atom. The first-order valence-electron chi connectivity index (χ1n) is 6.99. The number of unbranched alkanes of at least 4 members (excludes halogenated alkanes) is 1. The summed E-state index contributed by atoms with van der Waals surface area (Å²) in [5, 5.41) is 14.3. The molecule has 0 spiro atoms. The third-order valence-corrected chi connectivity index (χ3v) is 2.65. The maximum Gasteiger partial charge on any atom is 0.315 e. The van der Waals surface area contributed by atoms with E-state index in [-0.39, 0.29) is 0 Å². The van der Waals surface area contributed by atoms with Crippen LogP contribution in [0.2, 0.25) is 0 Å². The van der Waals surface area contributed by atoms with E-state index >= 15 is 0 Å². The summed E-state index contributed by atoms with van der Waals surface area (Å²) in [7, 11) is 0. The number of anilines is 1. The second kappa shape index (κ2) is 8.91. The summed E-state index contributed by atoms with van der Waals surface area (Å²) in [6, 6.07) is 0.535. The molecule has 0 aliphatic rings. The highest BCUT2D eigenvalue weighted by molar-refractivity contribution is 5.16. The summed E-state index contributed by atoms with van der Waals surface area (Å²) in [4.78, 5) is 0. The Bertz CT molecular complexity index is 312. The molecule has 1 aromatic rings. The maximum atomic E-state index is 5.46. The van der Waals surface area contributed by atoms with Gasteiger partial charge in [-0.3, -0.25) is 0 Å². The lowest BCUT2D eigenvalue weighted by Gasteiger charge is -2.04. The van der Waals surface area contributed by atoms with Gasteiger partial charge in [-0.25, -0.2) is 0 Å². The van der Waals surface area contributed by atoms with E-state index in [1.807, 2.05) is 0 Å². The van der Waals surface area contributed by atoms with Crippen molar-refractivity contribution in [3.05, 3.63) is 5.89 Å². The molecule has 0 unspecified atom stereocenters. The van der Waals surface area contributed by atoms with E-state index < -0.39 is 0 Å². The molecule has 104 valence electrons. The van der Waals surface area contributed by atoms with Gasteiger partial charge in [-0.2, -0.15) is 0 Å². The van der Waals surface area contributed by atoms with Gasteiger partial charge in [-0.1, -0.05) is 38.7 Å². The van der Waals surface area contributed by atoms with Gasteiger partial charge in [0, 0.05) is 6.54 Å². The topological polar surface area (TPSA) is 63.0 Å². The van der Waals surface area contributed by atoms with Crippen molar-refractivity contribution in [3.8, 4) is 0 Å². The zero-order valence-electron chi connectivity index (χ0n) is 11.8. The van der Waals surface area contributed by atoms with Crippen LogP contribution in [-0.4, -0.2) is 23.3 Å². The molecule has 0 amide bonds. The predicted octanol–water partition coefficient (Wildman–Crippen LogP) is 2.81. The SMILES string of the molecule is CCCNCc1nnc(NCCCCC(C)C)o1. The molecule has 1 heterocycles. The van der Waals surface area contributed by atoms with Crippen LogP contribution in [0.4, 0.5) is 6.01 Å². The Hall–Kier alpha value is -1.10. The number of hydrogen-bond acceptors (Lipinski definition) is 5. The summed E-state index contributed by atoms with van der Waals surface area (Å²) in [6.45, 7) is 9.15. The third kappa shape index (κ3) is 6.59. The quantitative estimate of drug-likeness (QED) is 0.629. The van der Waals surface area contributed by atoms with Crippen molar-refractivity contribution in [2.45, 2.75) is 53.0 Å². The Balaban J connectivity index is 2.11. The van der Waals surface area contributed by atoms with Crippen LogP contribution >= 0.6 is 0 Å². The van der Waals surface area contributed by atoms with Crippen molar-refractivity contribution in [2.75, 3.05) is 18.4 Å². The summed E-state index contributed by atoms with van der Waals surface area (Å²) in [6.07, 6.45) is 4.76. The molecular formula is C13H26N4O.